The Morgan fingerprint density at radius 3 is 2.63 bits per heavy atom. The topological polar surface area (TPSA) is 93.7 Å². The Labute approximate surface area is 158 Å². The van der Waals surface area contributed by atoms with E-state index in [9.17, 15) is 8.42 Å². The Kier molecular flexibility index (Phi) is 5.13. The third-order valence-electron chi connectivity index (χ3n) is 4.62. The quantitative estimate of drug-likeness (QED) is 0.831. The molecular weight excluding hydrogens is 368 g/mol. The molecular formula is C18H22N4O4S. The lowest BCUT2D eigenvalue weighted by atomic mass is 10.1. The van der Waals surface area contributed by atoms with Crippen LogP contribution in [0.5, 0.6) is 11.5 Å². The molecule has 144 valence electrons. The Hall–Kier alpha value is -2.39. The van der Waals surface area contributed by atoms with E-state index < -0.39 is 10.0 Å². The maximum atomic E-state index is 12.6. The molecule has 0 spiro atoms. The van der Waals surface area contributed by atoms with Gasteiger partial charge in [0.15, 0.2) is 11.5 Å². The zero-order valence-electron chi connectivity index (χ0n) is 14.9. The van der Waals surface area contributed by atoms with E-state index in [-0.39, 0.29) is 11.4 Å². The highest BCUT2D eigenvalue weighted by Crippen LogP contribution is 2.32. The number of anilines is 1. The van der Waals surface area contributed by atoms with Gasteiger partial charge in [-0.05, 0) is 37.5 Å². The van der Waals surface area contributed by atoms with Crippen LogP contribution >= 0.6 is 0 Å². The maximum Gasteiger partial charge on any atom is 0.241 e. The van der Waals surface area contributed by atoms with Gasteiger partial charge in [0.1, 0.15) is 24.9 Å². The number of sulfonamides is 1. The molecule has 0 radical (unpaired) electrons. The van der Waals surface area contributed by atoms with Gasteiger partial charge in [0.05, 0.1) is 11.4 Å². The van der Waals surface area contributed by atoms with Crippen molar-refractivity contribution < 1.29 is 17.9 Å². The average Bonchev–Trinajstić information content (AvgIpc) is 2.73. The number of aromatic nitrogens is 2. The first kappa shape index (κ1) is 18.0. The molecule has 4 rings (SSSR count). The van der Waals surface area contributed by atoms with Gasteiger partial charge in [-0.2, -0.15) is 0 Å². The Balaban J connectivity index is 1.46. The lowest BCUT2D eigenvalue weighted by Gasteiger charge is -2.27. The van der Waals surface area contributed by atoms with Gasteiger partial charge in [-0.3, -0.25) is 0 Å². The van der Waals surface area contributed by atoms with Crippen LogP contribution in [0, 0.1) is 0 Å². The van der Waals surface area contributed by atoms with Gasteiger partial charge in [-0.1, -0.05) is 0 Å². The maximum absolute atomic E-state index is 12.6. The molecule has 1 aromatic carbocycles. The van der Waals surface area contributed by atoms with Crippen LogP contribution in [0.15, 0.2) is 35.4 Å². The summed E-state index contributed by atoms with van der Waals surface area (Å²) in [5.74, 6) is 2.28. The summed E-state index contributed by atoms with van der Waals surface area (Å²) in [5, 5.41) is 0. The molecule has 3 heterocycles. The van der Waals surface area contributed by atoms with Gasteiger partial charge in [-0.15, -0.1) is 0 Å². The first-order valence-corrected chi connectivity index (χ1v) is 10.6. The number of nitrogens with zero attached hydrogens (tertiary/aromatic N) is 3. The number of rotatable bonds is 5. The number of piperidine rings is 1. The van der Waals surface area contributed by atoms with Gasteiger partial charge in [0.25, 0.3) is 0 Å². The molecule has 27 heavy (non-hydrogen) atoms. The number of benzene rings is 1. The van der Waals surface area contributed by atoms with Gasteiger partial charge < -0.3 is 14.4 Å². The third-order valence-corrected chi connectivity index (χ3v) is 6.01. The summed E-state index contributed by atoms with van der Waals surface area (Å²) in [7, 11) is -3.71. The second-order valence-electron chi connectivity index (χ2n) is 6.51. The van der Waals surface area contributed by atoms with Crippen molar-refractivity contribution in [2.75, 3.05) is 31.2 Å². The predicted molar refractivity (Wildman–Crippen MR) is 99.6 cm³/mol. The van der Waals surface area contributed by atoms with E-state index in [4.69, 9.17) is 9.47 Å². The van der Waals surface area contributed by atoms with Crippen LogP contribution in [0.1, 0.15) is 25.1 Å². The second kappa shape index (κ2) is 7.69. The molecule has 1 fully saturated rings. The summed E-state index contributed by atoms with van der Waals surface area (Å²) in [6, 6.07) is 6.45. The van der Waals surface area contributed by atoms with Gasteiger partial charge in [-0.25, -0.2) is 23.1 Å². The molecule has 0 amide bonds. The molecule has 9 heteroatoms. The van der Waals surface area contributed by atoms with Gasteiger partial charge in [0, 0.05) is 25.4 Å². The van der Waals surface area contributed by atoms with E-state index >= 15 is 0 Å². The van der Waals surface area contributed by atoms with Crippen molar-refractivity contribution in [3.8, 4) is 11.5 Å². The van der Waals surface area contributed by atoms with Crippen molar-refractivity contribution >= 4 is 15.8 Å². The van der Waals surface area contributed by atoms with E-state index in [1.807, 2.05) is 6.07 Å². The van der Waals surface area contributed by atoms with Crippen LogP contribution in [0.2, 0.25) is 0 Å². The van der Waals surface area contributed by atoms with Crippen LogP contribution in [-0.2, 0) is 16.6 Å². The lowest BCUT2D eigenvalue weighted by molar-refractivity contribution is 0.171. The summed E-state index contributed by atoms with van der Waals surface area (Å²) in [5.41, 5.74) is 0. The summed E-state index contributed by atoms with van der Waals surface area (Å²) < 4.78 is 38.7. The highest BCUT2D eigenvalue weighted by Gasteiger charge is 2.20. The number of hydrogen-bond acceptors (Lipinski definition) is 7. The third kappa shape index (κ3) is 4.14. The lowest BCUT2D eigenvalue weighted by Crippen LogP contribution is -2.31. The van der Waals surface area contributed by atoms with Crippen LogP contribution < -0.4 is 19.1 Å². The Morgan fingerprint density at radius 2 is 1.81 bits per heavy atom. The molecule has 0 atom stereocenters. The Bertz CT molecular complexity index is 913. The molecule has 8 nitrogen and oxygen atoms in total. The van der Waals surface area contributed by atoms with Crippen LogP contribution in [0.25, 0.3) is 0 Å². The van der Waals surface area contributed by atoms with Crippen molar-refractivity contribution in [3.63, 3.8) is 0 Å². The summed E-state index contributed by atoms with van der Waals surface area (Å²) in [6.45, 7) is 2.83. The SMILES string of the molecule is O=S(=O)(NCc1nccc(N2CCCCC2)n1)c1ccc2c(c1)OCCO2. The molecule has 0 aliphatic carbocycles. The minimum absolute atomic E-state index is 0.0262. The first-order valence-electron chi connectivity index (χ1n) is 9.08. The standard InChI is InChI=1S/C18H22N4O4S/c23-27(24,14-4-5-15-16(12-14)26-11-10-25-15)20-13-17-19-7-6-18(21-17)22-8-2-1-3-9-22/h4-7,12,20H,1-3,8-11,13H2. The number of fused-ring (bicyclic) bond motifs is 1. The van der Waals surface area contributed by atoms with Crippen LogP contribution in [0.4, 0.5) is 5.82 Å². The van der Waals surface area contributed by atoms with Crippen molar-refractivity contribution in [2.45, 2.75) is 30.7 Å². The molecule has 1 aromatic heterocycles. The normalized spacial score (nSPS) is 17.0. The van der Waals surface area contributed by atoms with Crippen molar-refractivity contribution in [3.05, 3.63) is 36.3 Å². The van der Waals surface area contributed by atoms with Crippen molar-refractivity contribution in [1.82, 2.24) is 14.7 Å². The highest BCUT2D eigenvalue weighted by atomic mass is 32.2. The zero-order chi connectivity index (χ0) is 18.7. The fourth-order valence-electron chi connectivity index (χ4n) is 3.21. The van der Waals surface area contributed by atoms with Crippen molar-refractivity contribution in [1.29, 1.82) is 0 Å². The molecule has 1 N–H and O–H groups in total. The molecule has 1 saturated heterocycles. The summed E-state index contributed by atoms with van der Waals surface area (Å²) in [6.07, 6.45) is 5.21. The molecule has 2 aliphatic heterocycles. The predicted octanol–water partition coefficient (Wildman–Crippen LogP) is 1.72. The first-order chi connectivity index (χ1) is 13.1. The number of hydrogen-bond donors (Lipinski definition) is 1. The van der Waals surface area contributed by atoms with Crippen molar-refractivity contribution in [2.24, 2.45) is 0 Å². The van der Waals surface area contributed by atoms with E-state index in [1.165, 1.54) is 18.6 Å². The fourth-order valence-corrected chi connectivity index (χ4v) is 4.20. The van der Waals surface area contributed by atoms with Crippen LogP contribution in [-0.4, -0.2) is 44.7 Å². The average molecular weight is 390 g/mol. The molecule has 0 unspecified atom stereocenters. The highest BCUT2D eigenvalue weighted by molar-refractivity contribution is 7.89. The van der Waals surface area contributed by atoms with E-state index in [0.29, 0.717) is 30.5 Å². The largest absolute Gasteiger partial charge is 0.486 e. The number of ether oxygens (including phenoxy) is 2. The van der Waals surface area contributed by atoms with E-state index in [0.717, 1.165) is 31.7 Å². The minimum atomic E-state index is -3.71. The number of nitrogens with one attached hydrogen (secondary N) is 1. The molecule has 0 bridgehead atoms. The fraction of sp³-hybridized carbons (Fsp3) is 0.444. The zero-order valence-corrected chi connectivity index (χ0v) is 15.7. The van der Waals surface area contributed by atoms with Crippen LogP contribution in [0.3, 0.4) is 0 Å². The smallest absolute Gasteiger partial charge is 0.241 e. The van der Waals surface area contributed by atoms with Gasteiger partial charge >= 0.3 is 0 Å². The Morgan fingerprint density at radius 1 is 1.04 bits per heavy atom. The van der Waals surface area contributed by atoms with E-state index in [1.54, 1.807) is 12.3 Å². The van der Waals surface area contributed by atoms with E-state index in [2.05, 4.69) is 19.6 Å². The molecule has 2 aromatic rings. The van der Waals surface area contributed by atoms with Gasteiger partial charge in [0.2, 0.25) is 10.0 Å². The summed E-state index contributed by atoms with van der Waals surface area (Å²) >= 11 is 0. The molecule has 0 saturated carbocycles. The second-order valence-corrected chi connectivity index (χ2v) is 8.28. The summed E-state index contributed by atoms with van der Waals surface area (Å²) in [4.78, 5) is 11.0. The minimum Gasteiger partial charge on any atom is -0.486 e. The molecule has 2 aliphatic rings. The monoisotopic (exact) mass is 390 g/mol.